The van der Waals surface area contributed by atoms with Crippen LogP contribution in [-0.4, -0.2) is 31.4 Å². The van der Waals surface area contributed by atoms with Crippen molar-refractivity contribution >= 4 is 0 Å². The molecule has 5 rings (SSSR count). The van der Waals surface area contributed by atoms with Gasteiger partial charge in [-0.3, -0.25) is 4.90 Å². The lowest BCUT2D eigenvalue weighted by molar-refractivity contribution is 0.241. The molecule has 0 atom stereocenters. The van der Waals surface area contributed by atoms with Crippen LogP contribution in [0.1, 0.15) is 47.1 Å². The number of aromatic nitrogens is 4. The first-order valence-electron chi connectivity index (χ1n) is 9.71. The zero-order valence-corrected chi connectivity index (χ0v) is 15.6. The quantitative estimate of drug-likeness (QED) is 0.713. The Hall–Kier alpha value is -2.66. The van der Waals surface area contributed by atoms with Gasteiger partial charge in [-0.15, -0.1) is 0 Å². The lowest BCUT2D eigenvalue weighted by Crippen LogP contribution is -2.31. The largest absolute Gasteiger partial charge is 0.294 e. The van der Waals surface area contributed by atoms with Gasteiger partial charge in [0.15, 0.2) is 5.82 Å². The summed E-state index contributed by atoms with van der Waals surface area (Å²) in [6, 6.07) is 10.1. The summed E-state index contributed by atoms with van der Waals surface area (Å²) in [5, 5.41) is 0. The molecule has 2 aliphatic rings. The highest BCUT2D eigenvalue weighted by atomic mass is 15.1. The molecule has 0 radical (unpaired) electrons. The van der Waals surface area contributed by atoms with Crippen LogP contribution in [0, 0.1) is 6.92 Å². The van der Waals surface area contributed by atoms with Crippen molar-refractivity contribution in [1.29, 1.82) is 0 Å². The summed E-state index contributed by atoms with van der Waals surface area (Å²) in [7, 11) is 0. The lowest BCUT2D eigenvalue weighted by atomic mass is 10.1. The molecule has 0 amide bonds. The van der Waals surface area contributed by atoms with Crippen molar-refractivity contribution in [3.8, 4) is 11.4 Å². The summed E-state index contributed by atoms with van der Waals surface area (Å²) in [4.78, 5) is 21.2. The number of benzene rings is 1. The second-order valence-corrected chi connectivity index (χ2v) is 7.61. The molecule has 1 aliphatic carbocycles. The molecule has 0 spiro atoms. The molecule has 0 N–H and O–H groups in total. The van der Waals surface area contributed by atoms with Crippen LogP contribution in [0.3, 0.4) is 0 Å². The number of fused-ring (bicyclic) bond motifs is 1. The minimum Gasteiger partial charge on any atom is -0.294 e. The van der Waals surface area contributed by atoms with Gasteiger partial charge in [0, 0.05) is 72.4 Å². The highest BCUT2D eigenvalue weighted by molar-refractivity contribution is 5.54. The second kappa shape index (κ2) is 6.82. The highest BCUT2D eigenvalue weighted by Crippen LogP contribution is 2.38. The molecule has 1 aromatic carbocycles. The Morgan fingerprint density at radius 1 is 1.04 bits per heavy atom. The summed E-state index contributed by atoms with van der Waals surface area (Å²) >= 11 is 0. The third-order valence-electron chi connectivity index (χ3n) is 5.48. The Bertz CT molecular complexity index is 966. The summed E-state index contributed by atoms with van der Waals surface area (Å²) in [5.41, 5.74) is 5.81. The molecule has 1 fully saturated rings. The van der Waals surface area contributed by atoms with E-state index in [1.165, 1.54) is 29.7 Å². The van der Waals surface area contributed by atoms with Gasteiger partial charge in [-0.25, -0.2) is 19.9 Å². The fourth-order valence-electron chi connectivity index (χ4n) is 3.68. The topological polar surface area (TPSA) is 54.8 Å². The third-order valence-corrected chi connectivity index (χ3v) is 5.48. The Labute approximate surface area is 159 Å². The smallest absolute Gasteiger partial charge is 0.159 e. The van der Waals surface area contributed by atoms with E-state index in [2.05, 4.69) is 21.8 Å². The van der Waals surface area contributed by atoms with Crippen LogP contribution in [-0.2, 0) is 19.5 Å². The number of hydrogen-bond acceptors (Lipinski definition) is 5. The predicted octanol–water partition coefficient (Wildman–Crippen LogP) is 3.68. The van der Waals surface area contributed by atoms with E-state index in [1.54, 1.807) is 0 Å². The maximum absolute atomic E-state index is 4.82. The molecule has 0 saturated heterocycles. The zero-order valence-electron chi connectivity index (χ0n) is 15.6. The summed E-state index contributed by atoms with van der Waals surface area (Å²) in [5.74, 6) is 2.47. The monoisotopic (exact) mass is 357 g/mol. The van der Waals surface area contributed by atoms with Gasteiger partial charge in [0.2, 0.25) is 0 Å². The molecular formula is C22H23N5. The van der Waals surface area contributed by atoms with E-state index < -0.39 is 0 Å². The molecule has 3 aromatic rings. The van der Waals surface area contributed by atoms with Crippen LogP contribution in [0.2, 0.25) is 0 Å². The summed E-state index contributed by atoms with van der Waals surface area (Å²) < 4.78 is 0. The molecule has 2 aromatic heterocycles. The van der Waals surface area contributed by atoms with Crippen molar-refractivity contribution in [3.63, 3.8) is 0 Å². The van der Waals surface area contributed by atoms with Crippen LogP contribution >= 0.6 is 0 Å². The number of rotatable bonds is 4. The van der Waals surface area contributed by atoms with Gasteiger partial charge < -0.3 is 0 Å². The fraction of sp³-hybridized carbons (Fsp3) is 0.364. The van der Waals surface area contributed by atoms with Gasteiger partial charge in [-0.05, 0) is 19.8 Å². The number of aryl methyl sites for hydroxylation is 1. The van der Waals surface area contributed by atoms with Crippen molar-refractivity contribution in [1.82, 2.24) is 24.8 Å². The van der Waals surface area contributed by atoms with Crippen LogP contribution < -0.4 is 0 Å². The maximum atomic E-state index is 4.82. The van der Waals surface area contributed by atoms with E-state index in [0.717, 1.165) is 49.0 Å². The third kappa shape index (κ3) is 3.47. The molecule has 136 valence electrons. The van der Waals surface area contributed by atoms with E-state index in [4.69, 9.17) is 9.97 Å². The van der Waals surface area contributed by atoms with Gasteiger partial charge in [-0.2, -0.15) is 0 Å². The molecule has 1 saturated carbocycles. The van der Waals surface area contributed by atoms with Gasteiger partial charge in [0.1, 0.15) is 5.82 Å². The zero-order chi connectivity index (χ0) is 18.2. The van der Waals surface area contributed by atoms with E-state index in [1.807, 2.05) is 42.7 Å². The first-order chi connectivity index (χ1) is 13.3. The van der Waals surface area contributed by atoms with Crippen molar-refractivity contribution in [2.75, 3.05) is 6.54 Å². The minimum absolute atomic E-state index is 0.622. The van der Waals surface area contributed by atoms with Gasteiger partial charge in [0.05, 0.1) is 0 Å². The summed E-state index contributed by atoms with van der Waals surface area (Å²) in [6.45, 7) is 4.87. The average Bonchev–Trinajstić information content (AvgIpc) is 3.55. The van der Waals surface area contributed by atoms with E-state index >= 15 is 0 Å². The lowest BCUT2D eigenvalue weighted by Gasteiger charge is -2.28. The Balaban J connectivity index is 1.31. The normalized spacial score (nSPS) is 16.9. The first kappa shape index (κ1) is 16.5. The van der Waals surface area contributed by atoms with Crippen molar-refractivity contribution in [2.45, 2.75) is 45.2 Å². The number of hydrogen-bond donors (Lipinski definition) is 0. The second-order valence-electron chi connectivity index (χ2n) is 7.61. The molecule has 1 aliphatic heterocycles. The van der Waals surface area contributed by atoms with Crippen LogP contribution in [0.5, 0.6) is 0 Å². The molecule has 3 heterocycles. The number of nitrogens with zero attached hydrogens (tertiary/aromatic N) is 5. The summed E-state index contributed by atoms with van der Waals surface area (Å²) in [6.07, 6.45) is 7.53. The van der Waals surface area contributed by atoms with E-state index in [0.29, 0.717) is 5.92 Å². The Kier molecular flexibility index (Phi) is 4.17. The standard InChI is InChI=1S/C22H23N5/c1-15-18(11-23-21(25-15)16-5-3-2-4-6-16)13-27-10-9-20-19(14-27)12-24-22(26-20)17-7-8-17/h2-6,11-12,17H,7-10,13-14H2,1H3. The van der Waals surface area contributed by atoms with E-state index in [-0.39, 0.29) is 0 Å². The van der Waals surface area contributed by atoms with Crippen LogP contribution in [0.25, 0.3) is 11.4 Å². The predicted molar refractivity (Wildman–Crippen MR) is 104 cm³/mol. The average molecular weight is 357 g/mol. The SMILES string of the molecule is Cc1nc(-c2ccccc2)ncc1CN1CCc2nc(C3CC3)ncc2C1. The van der Waals surface area contributed by atoms with Gasteiger partial charge in [0.25, 0.3) is 0 Å². The van der Waals surface area contributed by atoms with E-state index in [9.17, 15) is 0 Å². The van der Waals surface area contributed by atoms with Gasteiger partial charge >= 0.3 is 0 Å². The molecule has 0 bridgehead atoms. The van der Waals surface area contributed by atoms with Crippen LogP contribution in [0.15, 0.2) is 42.7 Å². The minimum atomic E-state index is 0.622. The Morgan fingerprint density at radius 3 is 2.67 bits per heavy atom. The molecular weight excluding hydrogens is 334 g/mol. The molecule has 5 heteroatoms. The molecule has 5 nitrogen and oxygen atoms in total. The van der Waals surface area contributed by atoms with Crippen molar-refractivity contribution < 1.29 is 0 Å². The maximum Gasteiger partial charge on any atom is 0.159 e. The van der Waals surface area contributed by atoms with Crippen molar-refractivity contribution in [2.24, 2.45) is 0 Å². The molecule has 0 unspecified atom stereocenters. The Morgan fingerprint density at radius 2 is 1.89 bits per heavy atom. The fourth-order valence-corrected chi connectivity index (χ4v) is 3.68. The van der Waals surface area contributed by atoms with Gasteiger partial charge in [-0.1, -0.05) is 30.3 Å². The van der Waals surface area contributed by atoms with Crippen LogP contribution in [0.4, 0.5) is 0 Å². The van der Waals surface area contributed by atoms with Crippen molar-refractivity contribution in [3.05, 3.63) is 71.1 Å². The first-order valence-corrected chi connectivity index (χ1v) is 9.71. The molecule has 27 heavy (non-hydrogen) atoms. The highest BCUT2D eigenvalue weighted by Gasteiger charge is 2.28.